The van der Waals surface area contributed by atoms with E-state index < -0.39 is 0 Å². The number of guanidine groups is 1. The van der Waals surface area contributed by atoms with Gasteiger partial charge in [0.05, 0.1) is 0 Å². The Balaban J connectivity index is 2.30. The fourth-order valence-corrected chi connectivity index (χ4v) is 0.726. The number of aromatic nitrogens is 2. The molecule has 1 aromatic heterocycles. The Morgan fingerprint density at radius 1 is 1.64 bits per heavy atom. The van der Waals surface area contributed by atoms with Gasteiger partial charge >= 0.3 is 0 Å². The normalized spacial score (nSPS) is 9.45. The number of hydrogen-bond donors (Lipinski definition) is 3. The molecule has 0 bridgehead atoms. The highest BCUT2D eigenvalue weighted by atomic mass is 15.0. The summed E-state index contributed by atoms with van der Waals surface area (Å²) in [6.45, 7) is 0.579. The molecule has 0 saturated heterocycles. The molecule has 0 aliphatic heterocycles. The van der Waals surface area contributed by atoms with Crippen LogP contribution in [0.2, 0.25) is 0 Å². The molecule has 0 atom stereocenters. The molecule has 11 heavy (non-hydrogen) atoms. The smallest absolute Gasteiger partial charge is 0.185 e. The van der Waals surface area contributed by atoms with Crippen LogP contribution in [0.1, 0.15) is 5.82 Å². The van der Waals surface area contributed by atoms with Crippen molar-refractivity contribution in [2.45, 2.75) is 6.42 Å². The van der Waals surface area contributed by atoms with E-state index in [-0.39, 0.29) is 5.96 Å². The molecule has 0 radical (unpaired) electrons. The van der Waals surface area contributed by atoms with E-state index in [1.807, 2.05) is 0 Å². The van der Waals surface area contributed by atoms with Gasteiger partial charge in [-0.05, 0) is 0 Å². The van der Waals surface area contributed by atoms with E-state index in [0.717, 1.165) is 12.2 Å². The number of H-pyrrole nitrogens is 1. The highest BCUT2D eigenvalue weighted by Gasteiger charge is 1.91. The summed E-state index contributed by atoms with van der Waals surface area (Å²) in [6, 6.07) is 0. The second kappa shape index (κ2) is 3.60. The average Bonchev–Trinajstić information content (AvgIpc) is 2.39. The van der Waals surface area contributed by atoms with Crippen molar-refractivity contribution in [1.82, 2.24) is 9.97 Å². The Labute approximate surface area is 64.5 Å². The SMILES string of the molecule is NC(N)=NCCc1ncc[nH]1. The molecule has 1 aromatic rings. The van der Waals surface area contributed by atoms with Gasteiger partial charge in [0.25, 0.3) is 0 Å². The van der Waals surface area contributed by atoms with Crippen molar-refractivity contribution in [2.24, 2.45) is 16.5 Å². The van der Waals surface area contributed by atoms with Crippen molar-refractivity contribution in [1.29, 1.82) is 0 Å². The van der Waals surface area contributed by atoms with Crippen molar-refractivity contribution in [3.05, 3.63) is 18.2 Å². The maximum atomic E-state index is 5.13. The van der Waals surface area contributed by atoms with Gasteiger partial charge in [0.1, 0.15) is 5.82 Å². The Morgan fingerprint density at radius 2 is 2.45 bits per heavy atom. The molecule has 0 unspecified atom stereocenters. The minimum absolute atomic E-state index is 0.122. The summed E-state index contributed by atoms with van der Waals surface area (Å²) in [6.07, 6.45) is 4.21. The topological polar surface area (TPSA) is 93.1 Å². The van der Waals surface area contributed by atoms with Crippen LogP contribution < -0.4 is 11.5 Å². The Kier molecular flexibility index (Phi) is 2.48. The first-order valence-electron chi connectivity index (χ1n) is 3.32. The largest absolute Gasteiger partial charge is 0.370 e. The fraction of sp³-hybridized carbons (Fsp3) is 0.333. The van der Waals surface area contributed by atoms with Gasteiger partial charge in [0.2, 0.25) is 0 Å². The van der Waals surface area contributed by atoms with Crippen LogP contribution in [0.15, 0.2) is 17.4 Å². The van der Waals surface area contributed by atoms with Crippen LogP contribution in [0.25, 0.3) is 0 Å². The number of rotatable bonds is 3. The molecule has 60 valence electrons. The average molecular weight is 153 g/mol. The van der Waals surface area contributed by atoms with Crippen molar-refractivity contribution >= 4 is 5.96 Å². The summed E-state index contributed by atoms with van der Waals surface area (Å²) in [5.74, 6) is 1.02. The Morgan fingerprint density at radius 3 is 3.00 bits per heavy atom. The fourth-order valence-electron chi connectivity index (χ4n) is 0.726. The number of nitrogens with two attached hydrogens (primary N) is 2. The first-order valence-corrected chi connectivity index (χ1v) is 3.32. The lowest BCUT2D eigenvalue weighted by Gasteiger charge is -1.91. The van der Waals surface area contributed by atoms with Crippen LogP contribution in [0.4, 0.5) is 0 Å². The van der Waals surface area contributed by atoms with Gasteiger partial charge in [0.15, 0.2) is 5.96 Å². The van der Waals surface area contributed by atoms with E-state index in [0.29, 0.717) is 6.54 Å². The van der Waals surface area contributed by atoms with E-state index in [9.17, 15) is 0 Å². The first-order chi connectivity index (χ1) is 5.29. The molecule has 0 aromatic carbocycles. The van der Waals surface area contributed by atoms with E-state index >= 15 is 0 Å². The van der Waals surface area contributed by atoms with E-state index in [2.05, 4.69) is 15.0 Å². The lowest BCUT2D eigenvalue weighted by Crippen LogP contribution is -2.23. The zero-order chi connectivity index (χ0) is 8.10. The number of nitrogens with zero attached hydrogens (tertiary/aromatic N) is 2. The van der Waals surface area contributed by atoms with E-state index in [1.165, 1.54) is 0 Å². The molecule has 0 fully saturated rings. The third-order valence-electron chi connectivity index (χ3n) is 1.20. The molecule has 5 heteroatoms. The van der Waals surface area contributed by atoms with Gasteiger partial charge in [-0.25, -0.2) is 4.98 Å². The van der Waals surface area contributed by atoms with E-state index in [1.54, 1.807) is 12.4 Å². The van der Waals surface area contributed by atoms with Gasteiger partial charge < -0.3 is 16.5 Å². The Bertz CT molecular complexity index is 221. The van der Waals surface area contributed by atoms with Crippen LogP contribution in [0.5, 0.6) is 0 Å². The van der Waals surface area contributed by atoms with Crippen LogP contribution in [-0.2, 0) is 6.42 Å². The maximum absolute atomic E-state index is 5.13. The van der Waals surface area contributed by atoms with E-state index in [4.69, 9.17) is 11.5 Å². The van der Waals surface area contributed by atoms with Crippen molar-refractivity contribution in [3.8, 4) is 0 Å². The van der Waals surface area contributed by atoms with Crippen molar-refractivity contribution < 1.29 is 0 Å². The van der Waals surface area contributed by atoms with Gasteiger partial charge in [0, 0.05) is 25.4 Å². The predicted octanol–water partition coefficient (Wildman–Crippen LogP) is -0.774. The third-order valence-corrected chi connectivity index (χ3v) is 1.20. The zero-order valence-electron chi connectivity index (χ0n) is 6.12. The summed E-state index contributed by atoms with van der Waals surface area (Å²) >= 11 is 0. The zero-order valence-corrected chi connectivity index (χ0v) is 6.12. The highest BCUT2D eigenvalue weighted by Crippen LogP contribution is 1.89. The standard InChI is InChI=1S/C6H11N5/c7-6(8)11-2-1-5-9-3-4-10-5/h3-4H,1-2H2,(H,9,10)(H4,7,8,11). The minimum atomic E-state index is 0.122. The van der Waals surface area contributed by atoms with Crippen LogP contribution in [-0.4, -0.2) is 22.5 Å². The molecule has 5 N–H and O–H groups in total. The molecular formula is C6H11N5. The number of hydrogen-bond acceptors (Lipinski definition) is 2. The summed E-state index contributed by atoms with van der Waals surface area (Å²) < 4.78 is 0. The summed E-state index contributed by atoms with van der Waals surface area (Å²) in [7, 11) is 0. The molecule has 0 saturated carbocycles. The molecule has 0 amide bonds. The quantitative estimate of drug-likeness (QED) is 0.393. The van der Waals surface area contributed by atoms with Gasteiger partial charge in [-0.3, -0.25) is 4.99 Å². The number of aromatic amines is 1. The number of nitrogens with one attached hydrogen (secondary N) is 1. The number of imidazole rings is 1. The predicted molar refractivity (Wildman–Crippen MR) is 43.0 cm³/mol. The molecule has 1 heterocycles. The lowest BCUT2D eigenvalue weighted by atomic mass is 10.4. The molecule has 0 aliphatic carbocycles. The third kappa shape index (κ3) is 2.70. The maximum Gasteiger partial charge on any atom is 0.185 e. The molecule has 5 nitrogen and oxygen atoms in total. The van der Waals surface area contributed by atoms with Crippen molar-refractivity contribution in [3.63, 3.8) is 0 Å². The molecule has 0 aliphatic rings. The first kappa shape index (κ1) is 7.59. The van der Waals surface area contributed by atoms with Crippen LogP contribution in [0, 0.1) is 0 Å². The second-order valence-corrected chi connectivity index (χ2v) is 2.09. The number of aliphatic imine (C=N–C) groups is 1. The molecule has 0 spiro atoms. The summed E-state index contributed by atoms with van der Waals surface area (Å²) in [5.41, 5.74) is 10.3. The van der Waals surface area contributed by atoms with Crippen LogP contribution >= 0.6 is 0 Å². The lowest BCUT2D eigenvalue weighted by molar-refractivity contribution is 0.891. The van der Waals surface area contributed by atoms with Gasteiger partial charge in [-0.2, -0.15) is 0 Å². The molecule has 1 rings (SSSR count). The minimum Gasteiger partial charge on any atom is -0.370 e. The Hall–Kier alpha value is -1.52. The van der Waals surface area contributed by atoms with Gasteiger partial charge in [-0.15, -0.1) is 0 Å². The monoisotopic (exact) mass is 153 g/mol. The van der Waals surface area contributed by atoms with Gasteiger partial charge in [-0.1, -0.05) is 0 Å². The summed E-state index contributed by atoms with van der Waals surface area (Å²) in [4.78, 5) is 10.8. The summed E-state index contributed by atoms with van der Waals surface area (Å²) in [5, 5.41) is 0. The second-order valence-electron chi connectivity index (χ2n) is 2.09. The van der Waals surface area contributed by atoms with Crippen LogP contribution in [0.3, 0.4) is 0 Å². The molecular weight excluding hydrogens is 142 g/mol. The van der Waals surface area contributed by atoms with Crippen molar-refractivity contribution in [2.75, 3.05) is 6.54 Å². The highest BCUT2D eigenvalue weighted by molar-refractivity contribution is 5.75.